The molecule has 0 bridgehead atoms. The third kappa shape index (κ3) is 3.27. The van der Waals surface area contributed by atoms with Crippen molar-refractivity contribution in [1.29, 1.82) is 0 Å². The van der Waals surface area contributed by atoms with Gasteiger partial charge in [0.15, 0.2) is 0 Å². The molecule has 0 radical (unpaired) electrons. The lowest BCUT2D eigenvalue weighted by molar-refractivity contribution is -0.132. The molecule has 0 saturated carbocycles. The van der Waals surface area contributed by atoms with Crippen LogP contribution in [0.5, 0.6) is 0 Å². The lowest BCUT2D eigenvalue weighted by Gasteiger charge is -2.40. The first-order chi connectivity index (χ1) is 13.7. The molecule has 0 spiro atoms. The highest BCUT2D eigenvalue weighted by molar-refractivity contribution is 7.10. The van der Waals surface area contributed by atoms with Gasteiger partial charge in [-0.25, -0.2) is 0 Å². The van der Waals surface area contributed by atoms with Gasteiger partial charge in [-0.05, 0) is 47.9 Å². The van der Waals surface area contributed by atoms with Gasteiger partial charge in [0.25, 0.3) is 0 Å². The van der Waals surface area contributed by atoms with E-state index in [1.165, 1.54) is 29.4 Å². The van der Waals surface area contributed by atoms with Gasteiger partial charge >= 0.3 is 0 Å². The number of carbonyl (C=O) groups excluding carboxylic acids is 1. The van der Waals surface area contributed by atoms with E-state index in [9.17, 15) is 4.79 Å². The number of hydrogen-bond acceptors (Lipinski definition) is 3. The minimum absolute atomic E-state index is 0.272. The molecule has 2 aliphatic heterocycles. The Bertz CT molecular complexity index is 996. The van der Waals surface area contributed by atoms with E-state index in [1.807, 2.05) is 11.3 Å². The molecule has 146 valence electrons. The summed E-state index contributed by atoms with van der Waals surface area (Å²) in [4.78, 5) is 19.2. The van der Waals surface area contributed by atoms with E-state index in [0.717, 1.165) is 38.0 Å². The molecule has 1 fully saturated rings. The smallest absolute Gasteiger partial charge is 0.227 e. The molecule has 0 aliphatic carbocycles. The molecule has 0 N–H and O–H groups in total. The fourth-order valence-corrected chi connectivity index (χ4v) is 5.79. The van der Waals surface area contributed by atoms with E-state index in [4.69, 9.17) is 0 Å². The molecule has 4 nitrogen and oxygen atoms in total. The highest BCUT2D eigenvalue weighted by Gasteiger charge is 2.29. The number of benzene rings is 1. The molecule has 1 saturated heterocycles. The summed E-state index contributed by atoms with van der Waals surface area (Å²) in [6.45, 7) is 4.04. The predicted molar refractivity (Wildman–Crippen MR) is 115 cm³/mol. The van der Waals surface area contributed by atoms with Gasteiger partial charge in [-0.3, -0.25) is 9.69 Å². The van der Waals surface area contributed by atoms with Crippen molar-refractivity contribution in [2.45, 2.75) is 38.3 Å². The molecule has 5 heteroatoms. The quantitative estimate of drug-likeness (QED) is 0.677. The molecule has 0 unspecified atom stereocenters. The summed E-state index contributed by atoms with van der Waals surface area (Å²) in [5.74, 6) is 0.272. The number of nitrogens with zero attached hydrogens (tertiary/aromatic N) is 3. The van der Waals surface area contributed by atoms with Crippen molar-refractivity contribution in [2.24, 2.45) is 7.05 Å². The van der Waals surface area contributed by atoms with Crippen LogP contribution in [0.15, 0.2) is 41.9 Å². The minimum Gasteiger partial charge on any atom is -0.350 e. The standard InChI is InChI=1S/C23H27N3OS/c1-24-15-18(20-4-2-3-5-21(20)24)14-23(27)25-10-6-19(7-11-25)26-12-8-22-17(16-26)9-13-28-22/h2-5,9,13,15,19H,6-8,10-12,14,16H2,1H3. The first kappa shape index (κ1) is 18.0. The molecular formula is C23H27N3OS. The van der Waals surface area contributed by atoms with Crippen molar-refractivity contribution in [3.63, 3.8) is 0 Å². The number of aryl methyl sites for hydroxylation is 1. The molecule has 0 atom stereocenters. The number of piperidine rings is 1. The zero-order valence-electron chi connectivity index (χ0n) is 16.4. The summed E-state index contributed by atoms with van der Waals surface area (Å²) in [5, 5.41) is 3.43. The van der Waals surface area contributed by atoms with Gasteiger partial charge in [-0.2, -0.15) is 0 Å². The maximum absolute atomic E-state index is 12.9. The Kier molecular flexibility index (Phi) is 4.73. The fraction of sp³-hybridized carbons (Fsp3) is 0.435. The Morgan fingerprint density at radius 2 is 1.96 bits per heavy atom. The van der Waals surface area contributed by atoms with Crippen molar-refractivity contribution in [3.05, 3.63) is 57.9 Å². The Hall–Kier alpha value is -2.11. The summed E-state index contributed by atoms with van der Waals surface area (Å²) in [7, 11) is 2.05. The summed E-state index contributed by atoms with van der Waals surface area (Å²) in [6.07, 6.45) is 6.00. The van der Waals surface area contributed by atoms with Gasteiger partial charge < -0.3 is 9.47 Å². The van der Waals surface area contributed by atoms with Crippen molar-refractivity contribution in [1.82, 2.24) is 14.4 Å². The van der Waals surface area contributed by atoms with E-state index in [0.29, 0.717) is 12.5 Å². The van der Waals surface area contributed by atoms with Crippen LogP contribution in [0.3, 0.4) is 0 Å². The van der Waals surface area contributed by atoms with Gasteiger partial charge in [0, 0.05) is 61.2 Å². The topological polar surface area (TPSA) is 28.5 Å². The summed E-state index contributed by atoms with van der Waals surface area (Å²) < 4.78 is 2.12. The van der Waals surface area contributed by atoms with Gasteiger partial charge in [0.2, 0.25) is 5.91 Å². The highest BCUT2D eigenvalue weighted by Crippen LogP contribution is 2.28. The molecule has 2 aromatic heterocycles. The largest absolute Gasteiger partial charge is 0.350 e. The van der Waals surface area contributed by atoms with Crippen LogP contribution < -0.4 is 0 Å². The number of aromatic nitrogens is 1. The summed E-state index contributed by atoms with van der Waals surface area (Å²) in [5.41, 5.74) is 3.86. The number of para-hydroxylation sites is 1. The van der Waals surface area contributed by atoms with Crippen LogP contribution >= 0.6 is 11.3 Å². The first-order valence-electron chi connectivity index (χ1n) is 10.3. The van der Waals surface area contributed by atoms with E-state index in [2.05, 4.69) is 63.3 Å². The van der Waals surface area contributed by atoms with Gasteiger partial charge in [0.1, 0.15) is 0 Å². The molecule has 28 heavy (non-hydrogen) atoms. The molecule has 3 aromatic rings. The minimum atomic E-state index is 0.272. The zero-order valence-corrected chi connectivity index (χ0v) is 17.3. The van der Waals surface area contributed by atoms with Crippen LogP contribution in [0, 0.1) is 0 Å². The van der Waals surface area contributed by atoms with Crippen LogP contribution in [-0.4, -0.2) is 46.0 Å². The second-order valence-corrected chi connectivity index (χ2v) is 9.16. The van der Waals surface area contributed by atoms with Gasteiger partial charge in [-0.15, -0.1) is 11.3 Å². The predicted octanol–water partition coefficient (Wildman–Crippen LogP) is 3.83. The average molecular weight is 394 g/mol. The second-order valence-electron chi connectivity index (χ2n) is 8.16. The summed E-state index contributed by atoms with van der Waals surface area (Å²) >= 11 is 1.90. The van der Waals surface area contributed by atoms with Crippen LogP contribution in [0.1, 0.15) is 28.8 Å². The maximum Gasteiger partial charge on any atom is 0.227 e. The molecule has 1 amide bonds. The van der Waals surface area contributed by atoms with E-state index >= 15 is 0 Å². The Morgan fingerprint density at radius 1 is 1.14 bits per heavy atom. The van der Waals surface area contributed by atoms with Crippen molar-refractivity contribution >= 4 is 28.1 Å². The normalized spacial score (nSPS) is 18.5. The second kappa shape index (κ2) is 7.37. The Labute approximate surface area is 170 Å². The van der Waals surface area contributed by atoms with Crippen LogP contribution in [-0.2, 0) is 31.2 Å². The molecule has 5 rings (SSSR count). The van der Waals surface area contributed by atoms with Crippen LogP contribution in [0.2, 0.25) is 0 Å². The van der Waals surface area contributed by atoms with Crippen molar-refractivity contribution in [3.8, 4) is 0 Å². The van der Waals surface area contributed by atoms with E-state index in [-0.39, 0.29) is 5.91 Å². The van der Waals surface area contributed by atoms with Crippen molar-refractivity contribution < 1.29 is 4.79 Å². The number of hydrogen-bond donors (Lipinski definition) is 0. The molecule has 1 aromatic carbocycles. The molecular weight excluding hydrogens is 366 g/mol. The fourth-order valence-electron chi connectivity index (χ4n) is 4.90. The zero-order chi connectivity index (χ0) is 19.1. The Balaban J connectivity index is 1.20. The van der Waals surface area contributed by atoms with E-state index < -0.39 is 0 Å². The highest BCUT2D eigenvalue weighted by atomic mass is 32.1. The lowest BCUT2D eigenvalue weighted by Crippen LogP contribution is -2.48. The van der Waals surface area contributed by atoms with Gasteiger partial charge in [0.05, 0.1) is 6.42 Å². The number of rotatable bonds is 3. The lowest BCUT2D eigenvalue weighted by atomic mass is 9.99. The monoisotopic (exact) mass is 393 g/mol. The van der Waals surface area contributed by atoms with Gasteiger partial charge in [-0.1, -0.05) is 18.2 Å². The maximum atomic E-state index is 12.9. The number of thiophene rings is 1. The number of fused-ring (bicyclic) bond motifs is 2. The molecule has 2 aliphatic rings. The van der Waals surface area contributed by atoms with Crippen molar-refractivity contribution in [2.75, 3.05) is 19.6 Å². The molecule has 4 heterocycles. The SMILES string of the molecule is Cn1cc(CC(=O)N2CCC(N3CCc4sccc4C3)CC2)c2ccccc21. The average Bonchev–Trinajstić information content (AvgIpc) is 3.32. The third-order valence-electron chi connectivity index (χ3n) is 6.49. The third-order valence-corrected chi connectivity index (χ3v) is 7.51. The first-order valence-corrected chi connectivity index (χ1v) is 11.2. The van der Waals surface area contributed by atoms with Crippen LogP contribution in [0.4, 0.5) is 0 Å². The number of likely N-dealkylation sites (tertiary alicyclic amines) is 1. The summed E-state index contributed by atoms with van der Waals surface area (Å²) in [6, 6.07) is 11.3. The Morgan fingerprint density at radius 3 is 2.82 bits per heavy atom. The van der Waals surface area contributed by atoms with Crippen LogP contribution in [0.25, 0.3) is 10.9 Å². The number of carbonyl (C=O) groups is 1. The number of amides is 1. The van der Waals surface area contributed by atoms with E-state index in [1.54, 1.807) is 4.88 Å².